The summed E-state index contributed by atoms with van der Waals surface area (Å²) in [4.78, 5) is 0.215. The summed E-state index contributed by atoms with van der Waals surface area (Å²) in [6, 6.07) is 13.7. The third kappa shape index (κ3) is 3.08. The van der Waals surface area contributed by atoms with Gasteiger partial charge >= 0.3 is 0 Å². The smallest absolute Gasteiger partial charge is 0.240 e. The summed E-state index contributed by atoms with van der Waals surface area (Å²) in [5, 5.41) is 0. The normalized spacial score (nSPS) is 17.4. The standard InChI is InChI=1S/C16H17NO4S/c1-20-14-6-8-15(9-7-14)22(18,19)17-13-10-12-4-2-3-5-16(12)21-11-13/h2-9,13,17H,10-11H2,1H3. The van der Waals surface area contributed by atoms with Crippen LogP contribution in [-0.2, 0) is 16.4 Å². The van der Waals surface area contributed by atoms with Crippen LogP contribution in [0.5, 0.6) is 11.5 Å². The van der Waals surface area contributed by atoms with Gasteiger partial charge in [-0.25, -0.2) is 13.1 Å². The van der Waals surface area contributed by atoms with Gasteiger partial charge in [0.2, 0.25) is 10.0 Å². The number of hydrogen-bond acceptors (Lipinski definition) is 4. The molecule has 1 atom stereocenters. The molecule has 5 nitrogen and oxygen atoms in total. The van der Waals surface area contributed by atoms with Gasteiger partial charge in [-0.2, -0.15) is 0 Å². The number of ether oxygens (including phenoxy) is 2. The van der Waals surface area contributed by atoms with Gasteiger partial charge < -0.3 is 9.47 Å². The first-order valence-electron chi connectivity index (χ1n) is 6.95. The predicted molar refractivity (Wildman–Crippen MR) is 82.7 cm³/mol. The minimum absolute atomic E-state index is 0.215. The fourth-order valence-corrected chi connectivity index (χ4v) is 3.67. The van der Waals surface area contributed by atoms with Gasteiger partial charge in [-0.05, 0) is 42.3 Å². The monoisotopic (exact) mass is 319 g/mol. The molecule has 0 fully saturated rings. The van der Waals surface area contributed by atoms with Crippen molar-refractivity contribution in [2.75, 3.05) is 13.7 Å². The van der Waals surface area contributed by atoms with E-state index in [1.165, 1.54) is 12.1 Å². The van der Waals surface area contributed by atoms with E-state index in [9.17, 15) is 8.42 Å². The Balaban J connectivity index is 1.75. The minimum Gasteiger partial charge on any atom is -0.497 e. The zero-order valence-corrected chi connectivity index (χ0v) is 13.0. The Labute approximate surface area is 129 Å². The molecule has 22 heavy (non-hydrogen) atoms. The van der Waals surface area contributed by atoms with Crippen LogP contribution in [0.4, 0.5) is 0 Å². The second-order valence-electron chi connectivity index (χ2n) is 5.12. The molecule has 0 saturated heterocycles. The number of rotatable bonds is 4. The molecule has 0 saturated carbocycles. The molecular weight excluding hydrogens is 302 g/mol. The van der Waals surface area contributed by atoms with Crippen molar-refractivity contribution in [3.05, 3.63) is 54.1 Å². The number of nitrogens with one attached hydrogen (secondary N) is 1. The number of fused-ring (bicyclic) bond motifs is 1. The van der Waals surface area contributed by atoms with Crippen LogP contribution < -0.4 is 14.2 Å². The summed E-state index contributed by atoms with van der Waals surface area (Å²) in [6.07, 6.45) is 0.617. The highest BCUT2D eigenvalue weighted by Gasteiger charge is 2.25. The predicted octanol–water partition coefficient (Wildman–Crippen LogP) is 1.98. The Kier molecular flexibility index (Phi) is 4.04. The molecule has 1 unspecified atom stereocenters. The highest BCUT2D eigenvalue weighted by Crippen LogP contribution is 2.25. The molecular formula is C16H17NO4S. The average molecular weight is 319 g/mol. The summed E-state index contributed by atoms with van der Waals surface area (Å²) < 4.78 is 38.1. The lowest BCUT2D eigenvalue weighted by atomic mass is 10.0. The largest absolute Gasteiger partial charge is 0.497 e. The third-order valence-corrected chi connectivity index (χ3v) is 5.11. The first-order chi connectivity index (χ1) is 10.6. The number of para-hydroxylation sites is 1. The van der Waals surface area contributed by atoms with Crippen molar-refractivity contribution >= 4 is 10.0 Å². The van der Waals surface area contributed by atoms with Crippen LogP contribution in [0.25, 0.3) is 0 Å². The van der Waals surface area contributed by atoms with E-state index in [-0.39, 0.29) is 10.9 Å². The van der Waals surface area contributed by atoms with Crippen LogP contribution in [0.15, 0.2) is 53.4 Å². The van der Waals surface area contributed by atoms with E-state index < -0.39 is 10.0 Å². The lowest BCUT2D eigenvalue weighted by molar-refractivity contribution is 0.254. The van der Waals surface area contributed by atoms with Gasteiger partial charge in [0.1, 0.15) is 18.1 Å². The quantitative estimate of drug-likeness (QED) is 0.936. The lowest BCUT2D eigenvalue weighted by Crippen LogP contribution is -2.42. The molecule has 116 valence electrons. The Bertz CT molecular complexity index is 756. The first-order valence-corrected chi connectivity index (χ1v) is 8.44. The first kappa shape index (κ1) is 14.9. The highest BCUT2D eigenvalue weighted by molar-refractivity contribution is 7.89. The number of methoxy groups -OCH3 is 1. The van der Waals surface area contributed by atoms with Crippen molar-refractivity contribution in [1.29, 1.82) is 0 Å². The molecule has 3 rings (SSSR count). The van der Waals surface area contributed by atoms with E-state index in [4.69, 9.17) is 9.47 Å². The maximum absolute atomic E-state index is 12.4. The van der Waals surface area contributed by atoms with Gasteiger partial charge in [-0.1, -0.05) is 18.2 Å². The van der Waals surface area contributed by atoms with E-state index in [0.717, 1.165) is 11.3 Å². The molecule has 0 spiro atoms. The van der Waals surface area contributed by atoms with Crippen LogP contribution in [-0.4, -0.2) is 28.2 Å². The fourth-order valence-electron chi connectivity index (χ4n) is 2.45. The summed E-state index contributed by atoms with van der Waals surface area (Å²) in [7, 11) is -2.03. The second-order valence-corrected chi connectivity index (χ2v) is 6.83. The molecule has 2 aromatic rings. The van der Waals surface area contributed by atoms with Crippen molar-refractivity contribution in [1.82, 2.24) is 4.72 Å². The lowest BCUT2D eigenvalue weighted by Gasteiger charge is -2.25. The summed E-state index contributed by atoms with van der Waals surface area (Å²) in [5.41, 5.74) is 1.01. The van der Waals surface area contributed by atoms with Crippen molar-refractivity contribution in [2.45, 2.75) is 17.4 Å². The SMILES string of the molecule is COc1ccc(S(=O)(=O)NC2COc3ccccc3C2)cc1. The Morgan fingerprint density at radius 1 is 1.14 bits per heavy atom. The second kappa shape index (κ2) is 5.98. The number of sulfonamides is 1. The van der Waals surface area contributed by atoms with E-state index >= 15 is 0 Å². The Hall–Kier alpha value is -2.05. The zero-order chi connectivity index (χ0) is 15.6. The molecule has 1 aliphatic rings. The van der Waals surface area contributed by atoms with Crippen LogP contribution in [0.2, 0.25) is 0 Å². The topological polar surface area (TPSA) is 64.6 Å². The maximum Gasteiger partial charge on any atom is 0.240 e. The van der Waals surface area contributed by atoms with E-state index in [2.05, 4.69) is 4.72 Å². The summed E-state index contributed by atoms with van der Waals surface area (Å²) in [6.45, 7) is 0.326. The van der Waals surface area contributed by atoms with Crippen LogP contribution in [0.3, 0.4) is 0 Å². The van der Waals surface area contributed by atoms with E-state index in [1.807, 2.05) is 24.3 Å². The van der Waals surface area contributed by atoms with Gasteiger partial charge in [0.15, 0.2) is 0 Å². The molecule has 0 aromatic heterocycles. The maximum atomic E-state index is 12.4. The molecule has 0 aliphatic carbocycles. The molecule has 0 amide bonds. The van der Waals surface area contributed by atoms with Gasteiger partial charge in [-0.3, -0.25) is 0 Å². The van der Waals surface area contributed by atoms with Gasteiger partial charge in [-0.15, -0.1) is 0 Å². The molecule has 0 radical (unpaired) electrons. The van der Waals surface area contributed by atoms with Gasteiger partial charge in [0.05, 0.1) is 18.0 Å². The van der Waals surface area contributed by atoms with E-state index in [0.29, 0.717) is 18.8 Å². The highest BCUT2D eigenvalue weighted by atomic mass is 32.2. The molecule has 0 bridgehead atoms. The average Bonchev–Trinajstić information content (AvgIpc) is 2.54. The van der Waals surface area contributed by atoms with E-state index in [1.54, 1.807) is 19.2 Å². The van der Waals surface area contributed by atoms with Crippen molar-refractivity contribution < 1.29 is 17.9 Å². The van der Waals surface area contributed by atoms with Gasteiger partial charge in [0.25, 0.3) is 0 Å². The molecule has 1 aliphatic heterocycles. The van der Waals surface area contributed by atoms with Gasteiger partial charge in [0, 0.05) is 0 Å². The molecule has 2 aromatic carbocycles. The third-order valence-electron chi connectivity index (χ3n) is 3.57. The Morgan fingerprint density at radius 2 is 1.86 bits per heavy atom. The molecule has 1 heterocycles. The molecule has 1 N–H and O–H groups in total. The van der Waals surface area contributed by atoms with Crippen molar-refractivity contribution in [3.63, 3.8) is 0 Å². The van der Waals surface area contributed by atoms with Crippen LogP contribution in [0.1, 0.15) is 5.56 Å². The Morgan fingerprint density at radius 3 is 2.59 bits per heavy atom. The zero-order valence-electron chi connectivity index (χ0n) is 12.2. The summed E-state index contributed by atoms with van der Waals surface area (Å²) in [5.74, 6) is 1.44. The minimum atomic E-state index is -3.57. The molecule has 6 heteroatoms. The number of benzene rings is 2. The summed E-state index contributed by atoms with van der Waals surface area (Å²) >= 11 is 0. The van der Waals surface area contributed by atoms with Crippen molar-refractivity contribution in [3.8, 4) is 11.5 Å². The van der Waals surface area contributed by atoms with Crippen LogP contribution >= 0.6 is 0 Å². The fraction of sp³-hybridized carbons (Fsp3) is 0.250. The van der Waals surface area contributed by atoms with Crippen molar-refractivity contribution in [2.24, 2.45) is 0 Å². The number of hydrogen-bond donors (Lipinski definition) is 1. The van der Waals surface area contributed by atoms with Crippen LogP contribution in [0, 0.1) is 0 Å².